The first-order chi connectivity index (χ1) is 10.6. The van der Waals surface area contributed by atoms with Gasteiger partial charge in [0, 0.05) is 19.1 Å². The van der Waals surface area contributed by atoms with Crippen LogP contribution in [-0.2, 0) is 16.4 Å². The molecule has 0 spiro atoms. The standard InChI is InChI=1S/C14H20N4O3S.ClH/c1-3-13-12-7-11(8-16-14(12)21-17-13)22(19,20)18-6-4-5-10(9-18)15-2;/h7-8,10,15H,3-6,9H2,1-2H3;1H. The van der Waals surface area contributed by atoms with Crippen LogP contribution in [0.15, 0.2) is 21.7 Å². The Morgan fingerprint density at radius 3 is 2.96 bits per heavy atom. The number of fused-ring (bicyclic) bond motifs is 1. The molecule has 1 saturated heterocycles. The number of nitrogens with zero attached hydrogens (tertiary/aromatic N) is 3. The van der Waals surface area contributed by atoms with Crippen LogP contribution in [0, 0.1) is 0 Å². The molecule has 7 nitrogen and oxygen atoms in total. The molecule has 3 rings (SSSR count). The summed E-state index contributed by atoms with van der Waals surface area (Å²) >= 11 is 0. The average Bonchev–Trinajstić information content (AvgIpc) is 2.97. The molecule has 1 N–H and O–H groups in total. The Hall–Kier alpha value is -1.22. The molecule has 0 aromatic carbocycles. The lowest BCUT2D eigenvalue weighted by Crippen LogP contribution is -2.46. The number of rotatable bonds is 4. The Morgan fingerprint density at radius 1 is 1.48 bits per heavy atom. The third-order valence-electron chi connectivity index (χ3n) is 4.14. The van der Waals surface area contributed by atoms with Crippen molar-refractivity contribution in [2.75, 3.05) is 20.1 Å². The topological polar surface area (TPSA) is 88.3 Å². The molecule has 23 heavy (non-hydrogen) atoms. The minimum absolute atomic E-state index is 0. The zero-order valence-electron chi connectivity index (χ0n) is 13.2. The van der Waals surface area contributed by atoms with Crippen molar-refractivity contribution in [3.63, 3.8) is 0 Å². The maximum Gasteiger partial charge on any atom is 0.258 e. The molecular formula is C14H21ClN4O3S. The molecule has 0 amide bonds. The quantitative estimate of drug-likeness (QED) is 0.890. The summed E-state index contributed by atoms with van der Waals surface area (Å²) in [7, 11) is -1.68. The molecule has 2 aromatic heterocycles. The molecule has 1 atom stereocenters. The van der Waals surface area contributed by atoms with E-state index in [2.05, 4.69) is 15.5 Å². The van der Waals surface area contributed by atoms with Crippen molar-refractivity contribution in [3.05, 3.63) is 18.0 Å². The van der Waals surface area contributed by atoms with E-state index >= 15 is 0 Å². The maximum absolute atomic E-state index is 12.8. The van der Waals surface area contributed by atoms with Crippen LogP contribution in [0.2, 0.25) is 0 Å². The summed E-state index contributed by atoms with van der Waals surface area (Å²) < 4.78 is 32.3. The molecule has 2 aromatic rings. The highest BCUT2D eigenvalue weighted by molar-refractivity contribution is 7.89. The van der Waals surface area contributed by atoms with Crippen molar-refractivity contribution in [1.82, 2.24) is 19.8 Å². The molecule has 0 saturated carbocycles. The minimum atomic E-state index is -3.54. The number of aromatic nitrogens is 2. The van der Waals surface area contributed by atoms with E-state index in [0.717, 1.165) is 18.5 Å². The lowest BCUT2D eigenvalue weighted by molar-refractivity contribution is 0.293. The Bertz CT molecular complexity index is 777. The lowest BCUT2D eigenvalue weighted by atomic mass is 10.1. The summed E-state index contributed by atoms with van der Waals surface area (Å²) in [5.41, 5.74) is 1.11. The number of hydrogen-bond donors (Lipinski definition) is 1. The van der Waals surface area contributed by atoms with E-state index in [-0.39, 0.29) is 23.3 Å². The van der Waals surface area contributed by atoms with Gasteiger partial charge < -0.3 is 9.84 Å². The van der Waals surface area contributed by atoms with Crippen LogP contribution in [0.25, 0.3) is 11.1 Å². The monoisotopic (exact) mass is 360 g/mol. The highest BCUT2D eigenvalue weighted by atomic mass is 35.5. The predicted molar refractivity (Wildman–Crippen MR) is 89.3 cm³/mol. The fourth-order valence-electron chi connectivity index (χ4n) is 2.80. The third-order valence-corrected chi connectivity index (χ3v) is 5.97. The van der Waals surface area contributed by atoms with Crippen molar-refractivity contribution >= 4 is 33.5 Å². The molecule has 128 valence electrons. The Morgan fingerprint density at radius 2 is 2.26 bits per heavy atom. The second-order valence-electron chi connectivity index (χ2n) is 5.50. The van der Waals surface area contributed by atoms with Gasteiger partial charge in [-0.25, -0.2) is 13.4 Å². The molecule has 3 heterocycles. The first-order valence-electron chi connectivity index (χ1n) is 7.48. The van der Waals surface area contributed by atoms with E-state index in [1.54, 1.807) is 6.07 Å². The average molecular weight is 361 g/mol. The highest BCUT2D eigenvalue weighted by Gasteiger charge is 2.30. The summed E-state index contributed by atoms with van der Waals surface area (Å²) in [6.45, 7) is 2.98. The summed E-state index contributed by atoms with van der Waals surface area (Å²) in [6, 6.07) is 1.82. The Kier molecular flexibility index (Phi) is 5.61. The number of pyridine rings is 1. The van der Waals surface area contributed by atoms with Gasteiger partial charge in [-0.2, -0.15) is 4.31 Å². The number of sulfonamides is 1. The molecule has 1 aliphatic heterocycles. The van der Waals surface area contributed by atoms with Gasteiger partial charge in [-0.1, -0.05) is 12.1 Å². The van der Waals surface area contributed by atoms with Gasteiger partial charge in [0.1, 0.15) is 4.90 Å². The van der Waals surface area contributed by atoms with Gasteiger partial charge in [-0.05, 0) is 32.4 Å². The predicted octanol–water partition coefficient (Wildman–Crippen LogP) is 1.58. The van der Waals surface area contributed by atoms with Crippen LogP contribution in [0.1, 0.15) is 25.5 Å². The minimum Gasteiger partial charge on any atom is -0.336 e. The zero-order valence-corrected chi connectivity index (χ0v) is 14.8. The van der Waals surface area contributed by atoms with Crippen LogP contribution in [0.4, 0.5) is 0 Å². The highest BCUT2D eigenvalue weighted by Crippen LogP contribution is 2.24. The van der Waals surface area contributed by atoms with Crippen molar-refractivity contribution < 1.29 is 12.9 Å². The van der Waals surface area contributed by atoms with Gasteiger partial charge in [-0.3, -0.25) is 0 Å². The van der Waals surface area contributed by atoms with Gasteiger partial charge >= 0.3 is 0 Å². The normalized spacial score (nSPS) is 19.7. The smallest absolute Gasteiger partial charge is 0.258 e. The van der Waals surface area contributed by atoms with Gasteiger partial charge in [0.2, 0.25) is 10.0 Å². The van der Waals surface area contributed by atoms with E-state index < -0.39 is 10.0 Å². The summed E-state index contributed by atoms with van der Waals surface area (Å²) in [4.78, 5) is 4.30. The third kappa shape index (κ3) is 3.35. The molecule has 1 unspecified atom stereocenters. The second kappa shape index (κ2) is 7.12. The lowest BCUT2D eigenvalue weighted by Gasteiger charge is -2.31. The van der Waals surface area contributed by atoms with E-state index in [1.807, 2.05) is 14.0 Å². The fourth-order valence-corrected chi connectivity index (χ4v) is 4.30. The SMILES string of the molecule is CCc1noc2ncc(S(=O)(=O)N3CCCC(NC)C3)cc12.Cl. The Labute approximate surface area is 141 Å². The largest absolute Gasteiger partial charge is 0.336 e. The van der Waals surface area contributed by atoms with Gasteiger partial charge in [-0.15, -0.1) is 12.4 Å². The van der Waals surface area contributed by atoms with E-state index in [4.69, 9.17) is 4.52 Å². The molecule has 1 aliphatic rings. The molecule has 0 bridgehead atoms. The van der Waals surface area contributed by atoms with Crippen LogP contribution in [0.5, 0.6) is 0 Å². The van der Waals surface area contributed by atoms with Gasteiger partial charge in [0.05, 0.1) is 17.3 Å². The molecule has 0 radical (unpaired) electrons. The zero-order chi connectivity index (χ0) is 15.7. The maximum atomic E-state index is 12.8. The Balaban J connectivity index is 0.00000192. The van der Waals surface area contributed by atoms with Crippen LogP contribution in [-0.4, -0.2) is 49.0 Å². The number of likely N-dealkylation sites (N-methyl/N-ethyl adjacent to an activating group) is 1. The van der Waals surface area contributed by atoms with Crippen LogP contribution in [0.3, 0.4) is 0 Å². The fraction of sp³-hybridized carbons (Fsp3) is 0.571. The number of nitrogens with one attached hydrogen (secondary N) is 1. The molecule has 9 heteroatoms. The second-order valence-corrected chi connectivity index (χ2v) is 7.44. The first kappa shape index (κ1) is 18.1. The summed E-state index contributed by atoms with van der Waals surface area (Å²) in [5, 5.41) is 7.75. The van der Waals surface area contributed by atoms with Crippen LogP contribution < -0.4 is 5.32 Å². The first-order valence-corrected chi connectivity index (χ1v) is 8.92. The summed E-state index contributed by atoms with van der Waals surface area (Å²) in [6.07, 6.45) is 3.87. The van der Waals surface area contributed by atoms with E-state index in [9.17, 15) is 8.42 Å². The molecule has 0 aliphatic carbocycles. The van der Waals surface area contributed by atoms with E-state index in [0.29, 0.717) is 30.6 Å². The van der Waals surface area contributed by atoms with E-state index in [1.165, 1.54) is 10.5 Å². The van der Waals surface area contributed by atoms with Crippen molar-refractivity contribution in [2.24, 2.45) is 0 Å². The number of piperidine rings is 1. The van der Waals surface area contributed by atoms with Gasteiger partial charge in [0.15, 0.2) is 0 Å². The van der Waals surface area contributed by atoms with Crippen molar-refractivity contribution in [3.8, 4) is 0 Å². The van der Waals surface area contributed by atoms with Crippen LogP contribution >= 0.6 is 12.4 Å². The van der Waals surface area contributed by atoms with Crippen molar-refractivity contribution in [1.29, 1.82) is 0 Å². The number of aryl methyl sites for hydroxylation is 1. The number of halogens is 1. The van der Waals surface area contributed by atoms with Gasteiger partial charge in [0.25, 0.3) is 5.71 Å². The summed E-state index contributed by atoms with van der Waals surface area (Å²) in [5.74, 6) is 0. The number of hydrogen-bond acceptors (Lipinski definition) is 6. The molecular weight excluding hydrogens is 340 g/mol. The van der Waals surface area contributed by atoms with Crippen molar-refractivity contribution in [2.45, 2.75) is 37.1 Å². The molecule has 1 fully saturated rings.